The molecule has 174 valence electrons. The summed E-state index contributed by atoms with van der Waals surface area (Å²) < 4.78 is 9.84. The minimum Gasteiger partial charge on any atom is -0.480 e. The number of carboxylic acids is 2. The van der Waals surface area contributed by atoms with Crippen molar-refractivity contribution in [1.29, 1.82) is 0 Å². The first-order valence-electron chi connectivity index (χ1n) is 10.8. The summed E-state index contributed by atoms with van der Waals surface area (Å²) in [5.74, 6) is -3.04. The zero-order valence-electron chi connectivity index (χ0n) is 18.5. The first-order chi connectivity index (χ1) is 15.2. The van der Waals surface area contributed by atoms with Crippen molar-refractivity contribution >= 4 is 23.9 Å². The number of carboxylic acid groups (broad SMARTS) is 2. The maximum absolute atomic E-state index is 12.4. The van der Waals surface area contributed by atoms with Crippen LogP contribution in [0.4, 0.5) is 0 Å². The predicted molar refractivity (Wildman–Crippen MR) is 115 cm³/mol. The summed E-state index contributed by atoms with van der Waals surface area (Å²) in [7, 11) is 0. The molecule has 1 aromatic rings. The van der Waals surface area contributed by atoms with Crippen molar-refractivity contribution in [3.8, 4) is 0 Å². The summed E-state index contributed by atoms with van der Waals surface area (Å²) in [5, 5.41) is 20.3. The number of carbonyl (C=O) groups is 4. The number of ether oxygens (including phenoxy) is 2. The van der Waals surface area contributed by atoms with Crippen LogP contribution in [0.25, 0.3) is 0 Å². The van der Waals surface area contributed by atoms with E-state index in [1.165, 1.54) is 12.2 Å². The van der Waals surface area contributed by atoms with Gasteiger partial charge in [-0.25, -0.2) is 0 Å². The zero-order valence-corrected chi connectivity index (χ0v) is 18.5. The predicted octanol–water partition coefficient (Wildman–Crippen LogP) is 3.37. The highest BCUT2D eigenvalue weighted by Crippen LogP contribution is 2.46. The van der Waals surface area contributed by atoms with E-state index in [9.17, 15) is 29.4 Å². The first-order valence-corrected chi connectivity index (χ1v) is 10.8. The molecule has 0 aliphatic heterocycles. The van der Waals surface area contributed by atoms with Gasteiger partial charge in [-0.1, -0.05) is 36.4 Å². The van der Waals surface area contributed by atoms with Gasteiger partial charge >= 0.3 is 23.9 Å². The van der Waals surface area contributed by atoms with Crippen LogP contribution in [0.2, 0.25) is 0 Å². The maximum atomic E-state index is 12.4. The monoisotopic (exact) mass is 446 g/mol. The van der Waals surface area contributed by atoms with E-state index in [0.717, 1.165) is 0 Å². The van der Waals surface area contributed by atoms with E-state index in [2.05, 4.69) is 0 Å². The molecular formula is C24H30O8. The molecule has 0 saturated carbocycles. The van der Waals surface area contributed by atoms with Gasteiger partial charge in [-0.05, 0) is 50.7 Å². The fourth-order valence-corrected chi connectivity index (χ4v) is 4.24. The molecule has 0 spiro atoms. The van der Waals surface area contributed by atoms with Crippen molar-refractivity contribution in [3.05, 3.63) is 47.5 Å². The summed E-state index contributed by atoms with van der Waals surface area (Å²) >= 11 is 0. The lowest BCUT2D eigenvalue weighted by molar-refractivity contribution is -0.146. The Morgan fingerprint density at radius 2 is 1.12 bits per heavy atom. The summed E-state index contributed by atoms with van der Waals surface area (Å²) in [5.41, 5.74) is -2.14. The second-order valence-corrected chi connectivity index (χ2v) is 7.75. The van der Waals surface area contributed by atoms with Crippen molar-refractivity contribution < 1.29 is 38.9 Å². The lowest BCUT2D eigenvalue weighted by Crippen LogP contribution is -2.45. The van der Waals surface area contributed by atoms with Gasteiger partial charge in [-0.2, -0.15) is 0 Å². The van der Waals surface area contributed by atoms with Crippen molar-refractivity contribution in [3.63, 3.8) is 0 Å². The Bertz CT molecular complexity index is 819. The third-order valence-electron chi connectivity index (χ3n) is 5.82. The largest absolute Gasteiger partial charge is 0.480 e. The van der Waals surface area contributed by atoms with E-state index in [1.54, 1.807) is 38.1 Å². The van der Waals surface area contributed by atoms with Crippen LogP contribution in [0.3, 0.4) is 0 Å². The third kappa shape index (κ3) is 5.18. The average molecular weight is 446 g/mol. The lowest BCUT2D eigenvalue weighted by atomic mass is 9.62. The van der Waals surface area contributed by atoms with E-state index in [0.29, 0.717) is 11.1 Å². The van der Waals surface area contributed by atoms with Crippen molar-refractivity contribution in [2.24, 2.45) is 0 Å². The minimum absolute atomic E-state index is 0.0719. The van der Waals surface area contributed by atoms with Crippen molar-refractivity contribution in [1.82, 2.24) is 0 Å². The molecule has 1 aromatic carbocycles. The maximum Gasteiger partial charge on any atom is 0.318 e. The molecule has 0 bridgehead atoms. The van der Waals surface area contributed by atoms with Gasteiger partial charge in [-0.3, -0.25) is 19.2 Å². The Labute approximate surface area is 187 Å². The first kappa shape index (κ1) is 25.1. The molecule has 1 aliphatic carbocycles. The summed E-state index contributed by atoms with van der Waals surface area (Å²) in [6.45, 7) is 3.89. The fourth-order valence-electron chi connectivity index (χ4n) is 4.24. The Morgan fingerprint density at radius 3 is 1.44 bits per heavy atom. The normalized spacial score (nSPS) is 21.4. The van der Waals surface area contributed by atoms with Gasteiger partial charge in [0.25, 0.3) is 0 Å². The summed E-state index contributed by atoms with van der Waals surface area (Å²) in [6.07, 6.45) is 3.79. The molecule has 0 fully saturated rings. The topological polar surface area (TPSA) is 127 Å². The number of esters is 2. The molecule has 0 amide bonds. The molecule has 2 unspecified atom stereocenters. The Balaban J connectivity index is 2.39. The average Bonchev–Trinajstić information content (AvgIpc) is 2.75. The lowest BCUT2D eigenvalue weighted by Gasteiger charge is -2.39. The molecule has 1 aliphatic rings. The highest BCUT2D eigenvalue weighted by Gasteiger charge is 2.50. The second kappa shape index (κ2) is 10.9. The quantitative estimate of drug-likeness (QED) is 0.370. The molecule has 0 aromatic heterocycles. The van der Waals surface area contributed by atoms with Gasteiger partial charge < -0.3 is 19.7 Å². The molecule has 2 N–H and O–H groups in total. The van der Waals surface area contributed by atoms with Crippen LogP contribution in [0, 0.1) is 0 Å². The van der Waals surface area contributed by atoms with E-state index in [-0.39, 0.29) is 51.7 Å². The smallest absolute Gasteiger partial charge is 0.318 e. The highest BCUT2D eigenvalue weighted by molar-refractivity contribution is 5.92. The Kier molecular flexibility index (Phi) is 8.57. The number of benzene rings is 1. The number of carbonyl (C=O) groups excluding carboxylic acids is 2. The van der Waals surface area contributed by atoms with Gasteiger partial charge in [0, 0.05) is 12.8 Å². The van der Waals surface area contributed by atoms with E-state index in [1.807, 2.05) is 0 Å². The molecule has 2 atom stereocenters. The van der Waals surface area contributed by atoms with Crippen LogP contribution < -0.4 is 0 Å². The zero-order chi connectivity index (χ0) is 23.8. The molecule has 0 radical (unpaired) electrons. The van der Waals surface area contributed by atoms with Gasteiger partial charge in [0.2, 0.25) is 0 Å². The fraction of sp³-hybridized carbons (Fsp3) is 0.500. The minimum atomic E-state index is -1.46. The van der Waals surface area contributed by atoms with Crippen LogP contribution >= 0.6 is 0 Å². The Morgan fingerprint density at radius 1 is 0.750 bits per heavy atom. The van der Waals surface area contributed by atoms with Crippen molar-refractivity contribution in [2.45, 2.75) is 63.2 Å². The molecule has 2 rings (SSSR count). The summed E-state index contributed by atoms with van der Waals surface area (Å²) in [6, 6.07) is 6.60. The van der Waals surface area contributed by atoms with Gasteiger partial charge in [0.1, 0.15) is 10.8 Å². The number of hydrogen-bond acceptors (Lipinski definition) is 6. The SMILES string of the molecule is CCOC(=O)CCCC1(C(=O)O)C=CC(CCCC(=O)OCC)(C(=O)O)c2ccccc21. The van der Waals surface area contributed by atoms with E-state index >= 15 is 0 Å². The van der Waals surface area contributed by atoms with Crippen LogP contribution in [-0.2, 0) is 39.5 Å². The molecular weight excluding hydrogens is 416 g/mol. The molecule has 0 heterocycles. The van der Waals surface area contributed by atoms with Gasteiger partial charge in [-0.15, -0.1) is 0 Å². The van der Waals surface area contributed by atoms with Gasteiger partial charge in [0.05, 0.1) is 13.2 Å². The standard InChI is InChI=1S/C24H30O8/c1-3-31-19(25)11-7-13-23(21(27)28)15-16-24(22(29)30,14-8-12-20(26)32-4-2)18-10-6-5-9-17(18)23/h5-6,9-10,15-16H,3-4,7-8,11-14H2,1-2H3,(H,27,28)(H,29,30). The molecule has 32 heavy (non-hydrogen) atoms. The van der Waals surface area contributed by atoms with Crippen LogP contribution in [0.15, 0.2) is 36.4 Å². The van der Waals surface area contributed by atoms with E-state index in [4.69, 9.17) is 9.47 Å². The number of fused-ring (bicyclic) bond motifs is 1. The number of aliphatic carboxylic acids is 2. The molecule has 8 heteroatoms. The number of hydrogen-bond donors (Lipinski definition) is 2. The Hall–Kier alpha value is -3.16. The molecule has 8 nitrogen and oxygen atoms in total. The van der Waals surface area contributed by atoms with E-state index < -0.39 is 34.7 Å². The molecule has 0 saturated heterocycles. The summed E-state index contributed by atoms with van der Waals surface area (Å²) in [4.78, 5) is 48.3. The van der Waals surface area contributed by atoms with Crippen LogP contribution in [0.5, 0.6) is 0 Å². The number of rotatable bonds is 12. The van der Waals surface area contributed by atoms with Gasteiger partial charge in [0.15, 0.2) is 0 Å². The second-order valence-electron chi connectivity index (χ2n) is 7.75. The highest BCUT2D eigenvalue weighted by atomic mass is 16.5. The van der Waals surface area contributed by atoms with Crippen LogP contribution in [0.1, 0.15) is 63.5 Å². The van der Waals surface area contributed by atoms with Crippen LogP contribution in [-0.4, -0.2) is 47.3 Å². The third-order valence-corrected chi connectivity index (χ3v) is 5.82. The van der Waals surface area contributed by atoms with Crippen molar-refractivity contribution in [2.75, 3.05) is 13.2 Å².